The van der Waals surface area contributed by atoms with Gasteiger partial charge in [-0.15, -0.1) is 11.3 Å². The van der Waals surface area contributed by atoms with Crippen LogP contribution in [0.3, 0.4) is 0 Å². The van der Waals surface area contributed by atoms with E-state index in [2.05, 4.69) is 5.32 Å². The van der Waals surface area contributed by atoms with E-state index in [0.29, 0.717) is 0 Å². The summed E-state index contributed by atoms with van der Waals surface area (Å²) in [4.78, 5) is 22.9. The average Bonchev–Trinajstić information content (AvgIpc) is 2.99. The van der Waals surface area contributed by atoms with Crippen LogP contribution < -0.4 is 10.1 Å². The molecule has 0 fully saturated rings. The van der Waals surface area contributed by atoms with Crippen LogP contribution in [0.4, 0.5) is 10.1 Å². The zero-order chi connectivity index (χ0) is 16.1. The van der Waals surface area contributed by atoms with E-state index in [0.717, 1.165) is 23.1 Å². The Morgan fingerprint density at radius 3 is 2.91 bits per heavy atom. The highest BCUT2D eigenvalue weighted by molar-refractivity contribution is 7.10. The Morgan fingerprint density at radius 1 is 1.50 bits per heavy atom. The SMILES string of the molecule is C[C@@H](NC(=O)COc1cc(F)ccc1[N+](=O)[O-])c1cccs1. The van der Waals surface area contributed by atoms with E-state index >= 15 is 0 Å². The van der Waals surface area contributed by atoms with Crippen LogP contribution in [0.15, 0.2) is 35.7 Å². The third-order valence-electron chi connectivity index (χ3n) is 2.82. The molecular weight excluding hydrogens is 311 g/mol. The van der Waals surface area contributed by atoms with Gasteiger partial charge in [0.15, 0.2) is 6.61 Å². The molecule has 1 aromatic heterocycles. The van der Waals surface area contributed by atoms with E-state index in [1.807, 2.05) is 24.4 Å². The summed E-state index contributed by atoms with van der Waals surface area (Å²) in [5.41, 5.74) is -0.388. The second-order valence-corrected chi connectivity index (χ2v) is 5.44. The standard InChI is InChI=1S/C14H13FN2O4S/c1-9(13-3-2-6-22-13)16-14(18)8-21-12-7-10(15)4-5-11(12)17(19)20/h2-7,9H,8H2,1H3,(H,16,18)/t9-/m1/s1. The van der Waals surface area contributed by atoms with Gasteiger partial charge in [-0.3, -0.25) is 14.9 Å². The fraction of sp³-hybridized carbons (Fsp3) is 0.214. The first-order valence-corrected chi connectivity index (χ1v) is 7.25. The van der Waals surface area contributed by atoms with Crippen molar-refractivity contribution in [3.05, 3.63) is 56.5 Å². The van der Waals surface area contributed by atoms with Gasteiger partial charge in [0.1, 0.15) is 5.82 Å². The Labute approximate surface area is 129 Å². The monoisotopic (exact) mass is 324 g/mol. The number of ether oxygens (including phenoxy) is 1. The number of nitrogens with zero attached hydrogens (tertiary/aromatic N) is 1. The Bertz CT molecular complexity index is 675. The molecule has 116 valence electrons. The Kier molecular flexibility index (Phi) is 5.05. The van der Waals surface area contributed by atoms with Gasteiger partial charge in [-0.2, -0.15) is 0 Å². The average molecular weight is 324 g/mol. The second-order valence-electron chi connectivity index (χ2n) is 4.46. The van der Waals surface area contributed by atoms with Crippen LogP contribution in [0, 0.1) is 15.9 Å². The molecule has 2 aromatic rings. The van der Waals surface area contributed by atoms with Crippen molar-refractivity contribution < 1.29 is 18.8 Å². The van der Waals surface area contributed by atoms with Crippen molar-refractivity contribution in [1.82, 2.24) is 5.32 Å². The highest BCUT2D eigenvalue weighted by atomic mass is 32.1. The van der Waals surface area contributed by atoms with Crippen molar-refractivity contribution in [3.63, 3.8) is 0 Å². The van der Waals surface area contributed by atoms with E-state index in [1.54, 1.807) is 0 Å². The number of halogens is 1. The molecule has 1 amide bonds. The van der Waals surface area contributed by atoms with Crippen LogP contribution >= 0.6 is 11.3 Å². The van der Waals surface area contributed by atoms with E-state index in [4.69, 9.17) is 4.74 Å². The number of nitrogens with one attached hydrogen (secondary N) is 1. The summed E-state index contributed by atoms with van der Waals surface area (Å²) >= 11 is 1.50. The van der Waals surface area contributed by atoms with Crippen molar-refractivity contribution in [2.75, 3.05) is 6.61 Å². The van der Waals surface area contributed by atoms with Crippen molar-refractivity contribution in [2.24, 2.45) is 0 Å². The van der Waals surface area contributed by atoms with E-state index in [9.17, 15) is 19.3 Å². The lowest BCUT2D eigenvalue weighted by Gasteiger charge is -2.12. The first-order chi connectivity index (χ1) is 10.5. The molecule has 0 spiro atoms. The second kappa shape index (κ2) is 6.99. The molecule has 0 radical (unpaired) electrons. The highest BCUT2D eigenvalue weighted by Gasteiger charge is 2.18. The third-order valence-corrected chi connectivity index (χ3v) is 3.88. The third kappa shape index (κ3) is 4.01. The van der Waals surface area contributed by atoms with Crippen molar-refractivity contribution in [3.8, 4) is 5.75 Å². The number of rotatable bonds is 6. The molecule has 0 aliphatic heterocycles. The number of nitro benzene ring substituents is 1. The van der Waals surface area contributed by atoms with Gasteiger partial charge in [0.2, 0.25) is 5.75 Å². The minimum Gasteiger partial charge on any atom is -0.477 e. The van der Waals surface area contributed by atoms with Crippen molar-refractivity contribution in [1.29, 1.82) is 0 Å². The molecule has 0 saturated heterocycles. The summed E-state index contributed by atoms with van der Waals surface area (Å²) in [7, 11) is 0. The maximum atomic E-state index is 13.1. The number of nitro groups is 1. The molecule has 0 aliphatic carbocycles. The summed E-state index contributed by atoms with van der Waals surface area (Å²) in [6.07, 6.45) is 0. The predicted octanol–water partition coefficient (Wildman–Crippen LogP) is 3.05. The molecular formula is C14H13FN2O4S. The quantitative estimate of drug-likeness (QED) is 0.654. The fourth-order valence-corrected chi connectivity index (χ4v) is 2.52. The minimum atomic E-state index is -0.694. The number of thiophene rings is 1. The lowest BCUT2D eigenvalue weighted by molar-refractivity contribution is -0.385. The van der Waals surface area contributed by atoms with Crippen LogP contribution in [-0.4, -0.2) is 17.4 Å². The zero-order valence-electron chi connectivity index (χ0n) is 11.6. The summed E-state index contributed by atoms with van der Waals surface area (Å²) in [5.74, 6) is -1.39. The topological polar surface area (TPSA) is 81.5 Å². The maximum absolute atomic E-state index is 13.1. The van der Waals surface area contributed by atoms with Gasteiger partial charge >= 0.3 is 5.69 Å². The molecule has 1 aromatic carbocycles. The highest BCUT2D eigenvalue weighted by Crippen LogP contribution is 2.27. The molecule has 1 atom stereocenters. The molecule has 0 bridgehead atoms. The number of amides is 1. The lowest BCUT2D eigenvalue weighted by atomic mass is 10.2. The molecule has 0 aliphatic rings. The number of benzene rings is 1. The largest absolute Gasteiger partial charge is 0.477 e. The van der Waals surface area contributed by atoms with Crippen LogP contribution in [0.5, 0.6) is 5.75 Å². The van der Waals surface area contributed by atoms with Crippen LogP contribution in [0.1, 0.15) is 17.8 Å². The van der Waals surface area contributed by atoms with Crippen LogP contribution in [0.2, 0.25) is 0 Å². The first kappa shape index (κ1) is 15.9. The first-order valence-electron chi connectivity index (χ1n) is 6.37. The fourth-order valence-electron chi connectivity index (χ4n) is 1.79. The predicted molar refractivity (Wildman–Crippen MR) is 79.4 cm³/mol. The van der Waals surface area contributed by atoms with E-state index < -0.39 is 23.3 Å². The van der Waals surface area contributed by atoms with Gasteiger partial charge in [0.05, 0.1) is 11.0 Å². The van der Waals surface area contributed by atoms with Gasteiger partial charge in [0.25, 0.3) is 5.91 Å². The van der Waals surface area contributed by atoms with Gasteiger partial charge in [-0.1, -0.05) is 6.07 Å². The summed E-state index contributed by atoms with van der Waals surface area (Å²) < 4.78 is 18.2. The lowest BCUT2D eigenvalue weighted by Crippen LogP contribution is -2.31. The summed E-state index contributed by atoms with van der Waals surface area (Å²) in [6, 6.07) is 6.40. The number of carbonyl (C=O) groups excluding carboxylic acids is 1. The molecule has 1 heterocycles. The van der Waals surface area contributed by atoms with Gasteiger partial charge < -0.3 is 10.1 Å². The van der Waals surface area contributed by atoms with Crippen LogP contribution in [0.25, 0.3) is 0 Å². The van der Waals surface area contributed by atoms with E-state index in [1.165, 1.54) is 11.3 Å². The Balaban J connectivity index is 1.96. The molecule has 0 saturated carbocycles. The smallest absolute Gasteiger partial charge is 0.311 e. The molecule has 22 heavy (non-hydrogen) atoms. The molecule has 6 nitrogen and oxygen atoms in total. The summed E-state index contributed by atoms with van der Waals surface area (Å²) in [6.45, 7) is 1.38. The van der Waals surface area contributed by atoms with Crippen molar-refractivity contribution in [2.45, 2.75) is 13.0 Å². The molecule has 8 heteroatoms. The molecule has 1 N–H and O–H groups in total. The van der Waals surface area contributed by atoms with Gasteiger partial charge in [-0.05, 0) is 24.4 Å². The molecule has 2 rings (SSSR count). The van der Waals surface area contributed by atoms with Crippen LogP contribution in [-0.2, 0) is 4.79 Å². The number of hydrogen-bond acceptors (Lipinski definition) is 5. The maximum Gasteiger partial charge on any atom is 0.311 e. The Morgan fingerprint density at radius 2 is 2.27 bits per heavy atom. The zero-order valence-corrected chi connectivity index (χ0v) is 12.4. The number of hydrogen-bond donors (Lipinski definition) is 1. The van der Waals surface area contributed by atoms with Gasteiger partial charge in [0, 0.05) is 17.0 Å². The number of carbonyl (C=O) groups is 1. The molecule has 0 unspecified atom stereocenters. The minimum absolute atomic E-state index is 0.196. The Hall–Kier alpha value is -2.48. The van der Waals surface area contributed by atoms with Crippen molar-refractivity contribution >= 4 is 22.9 Å². The summed E-state index contributed by atoms with van der Waals surface area (Å²) in [5, 5.41) is 15.4. The van der Waals surface area contributed by atoms with Gasteiger partial charge in [-0.25, -0.2) is 4.39 Å². The normalized spacial score (nSPS) is 11.7. The van der Waals surface area contributed by atoms with E-state index in [-0.39, 0.29) is 17.5 Å².